The summed E-state index contributed by atoms with van der Waals surface area (Å²) in [5.41, 5.74) is -1.28. The van der Waals surface area contributed by atoms with Crippen LogP contribution in [0.5, 0.6) is 11.5 Å². The molecule has 8 nitrogen and oxygen atoms in total. The first-order valence-electron chi connectivity index (χ1n) is 13.2. The van der Waals surface area contributed by atoms with Crippen molar-refractivity contribution in [3.05, 3.63) is 72.0 Å². The van der Waals surface area contributed by atoms with E-state index in [9.17, 15) is 43.2 Å². The van der Waals surface area contributed by atoms with E-state index >= 15 is 0 Å². The minimum absolute atomic E-state index is 0.0538. The van der Waals surface area contributed by atoms with Gasteiger partial charge in [0.2, 0.25) is 0 Å². The molecule has 2 saturated heterocycles. The largest absolute Gasteiger partial charge is 0.485 e. The number of likely N-dealkylation sites (tertiary alicyclic amines) is 1. The fraction of sp³-hybridized carbons (Fsp3) is 0.357. The zero-order chi connectivity index (χ0) is 31.7. The summed E-state index contributed by atoms with van der Waals surface area (Å²) in [5, 5.41) is 0. The van der Waals surface area contributed by atoms with E-state index < -0.39 is 60.8 Å². The maximum Gasteiger partial charge on any atom is 0.416 e. The second-order valence-electron chi connectivity index (χ2n) is 11.2. The first-order chi connectivity index (χ1) is 20.5. The fourth-order valence-corrected chi connectivity index (χ4v) is 9.76. The first kappa shape index (κ1) is 30.5. The first-order valence-corrected chi connectivity index (χ1v) is 16.5. The zero-order valence-corrected chi connectivity index (χ0v) is 24.2. The molecule has 0 N–H and O–H groups in total. The number of rotatable bonds is 7. The predicted octanol–water partition coefficient (Wildman–Crippen LogP) is 4.80. The van der Waals surface area contributed by atoms with Crippen LogP contribution < -0.4 is 13.8 Å². The molecule has 0 unspecified atom stereocenters. The van der Waals surface area contributed by atoms with Gasteiger partial charge in [0.05, 0.1) is 34.2 Å². The molecule has 3 heterocycles. The van der Waals surface area contributed by atoms with E-state index in [1.165, 1.54) is 18.2 Å². The number of ether oxygens (including phenoxy) is 2. The summed E-state index contributed by atoms with van der Waals surface area (Å²) in [5.74, 6) is -1.14. The fourth-order valence-electron chi connectivity index (χ4n) is 6.07. The van der Waals surface area contributed by atoms with Gasteiger partial charge in [0.1, 0.15) is 23.4 Å². The van der Waals surface area contributed by atoms with E-state index in [1.54, 1.807) is 0 Å². The van der Waals surface area contributed by atoms with Gasteiger partial charge < -0.3 is 9.47 Å². The molecular weight excluding hydrogens is 638 g/mol. The van der Waals surface area contributed by atoms with Crippen LogP contribution in [-0.4, -0.2) is 72.1 Å². The molecular formula is C28H24F6N2O6S2. The van der Waals surface area contributed by atoms with Crippen LogP contribution in [0.25, 0.3) is 11.1 Å². The Morgan fingerprint density at radius 3 is 2.39 bits per heavy atom. The van der Waals surface area contributed by atoms with Crippen LogP contribution in [-0.2, 0) is 26.0 Å². The number of hydrogen-bond donors (Lipinski definition) is 0. The van der Waals surface area contributed by atoms with Crippen molar-refractivity contribution in [3.8, 4) is 22.6 Å². The van der Waals surface area contributed by atoms with Crippen LogP contribution in [0, 0.1) is 11.2 Å². The number of fused-ring (bicyclic) bond motifs is 1. The van der Waals surface area contributed by atoms with Crippen molar-refractivity contribution in [2.45, 2.75) is 23.8 Å². The molecule has 3 aromatic rings. The second kappa shape index (κ2) is 10.5. The average molecular weight is 663 g/mol. The topological polar surface area (TPSA) is 93.2 Å². The lowest BCUT2D eigenvalue weighted by atomic mass is 9.82. The molecule has 2 fully saturated rings. The van der Waals surface area contributed by atoms with Gasteiger partial charge in [0, 0.05) is 31.1 Å². The number of sulfonamides is 1. The van der Waals surface area contributed by atoms with Gasteiger partial charge >= 0.3 is 12.8 Å². The van der Waals surface area contributed by atoms with Crippen LogP contribution >= 0.6 is 0 Å². The quantitative estimate of drug-likeness (QED) is 0.336. The number of nitrogens with zero attached hydrogens (tertiary/aromatic N) is 2. The van der Waals surface area contributed by atoms with Crippen molar-refractivity contribution in [2.24, 2.45) is 5.41 Å². The molecule has 3 aliphatic rings. The Morgan fingerprint density at radius 1 is 1.00 bits per heavy atom. The van der Waals surface area contributed by atoms with Crippen LogP contribution in [0.15, 0.2) is 65.6 Å². The average Bonchev–Trinajstić information content (AvgIpc) is 2.89. The highest BCUT2D eigenvalue weighted by molar-refractivity contribution is 7.93. The molecule has 0 aliphatic carbocycles. The summed E-state index contributed by atoms with van der Waals surface area (Å²) in [6.07, 6.45) is -5.58. The Bertz CT molecular complexity index is 1810. The van der Waals surface area contributed by atoms with Crippen LogP contribution in [0.1, 0.15) is 5.56 Å². The van der Waals surface area contributed by atoms with E-state index in [1.807, 2.05) is 4.90 Å². The Morgan fingerprint density at radius 2 is 1.73 bits per heavy atom. The summed E-state index contributed by atoms with van der Waals surface area (Å²) >= 11 is 0. The van der Waals surface area contributed by atoms with Gasteiger partial charge in [-0.15, -0.1) is 0 Å². The third-order valence-corrected chi connectivity index (χ3v) is 11.6. The van der Waals surface area contributed by atoms with Gasteiger partial charge in [-0.05, 0) is 53.6 Å². The van der Waals surface area contributed by atoms with Crippen molar-refractivity contribution in [1.29, 1.82) is 0 Å². The minimum Gasteiger partial charge on any atom is -0.485 e. The van der Waals surface area contributed by atoms with E-state index in [0.717, 1.165) is 40.7 Å². The maximum atomic E-state index is 14.3. The van der Waals surface area contributed by atoms with Gasteiger partial charge in [0.15, 0.2) is 9.84 Å². The Hall–Kier alpha value is -3.50. The highest BCUT2D eigenvalue weighted by Gasteiger charge is 2.56. The molecule has 0 radical (unpaired) electrons. The molecule has 3 aromatic carbocycles. The Labute approximate surface area is 248 Å². The van der Waals surface area contributed by atoms with Crippen molar-refractivity contribution in [3.63, 3.8) is 0 Å². The lowest BCUT2D eigenvalue weighted by Crippen LogP contribution is -2.69. The molecule has 16 heteroatoms. The number of halogens is 6. The molecule has 0 saturated carbocycles. The van der Waals surface area contributed by atoms with Crippen LogP contribution in [0.4, 0.5) is 32.0 Å². The highest BCUT2D eigenvalue weighted by Crippen LogP contribution is 2.44. The molecule has 3 aliphatic heterocycles. The predicted molar refractivity (Wildman–Crippen MR) is 146 cm³/mol. The maximum absolute atomic E-state index is 14.3. The molecule has 0 amide bonds. The second-order valence-corrected chi connectivity index (χ2v) is 15.2. The molecule has 1 spiro atoms. The van der Waals surface area contributed by atoms with Crippen molar-refractivity contribution < 1.29 is 52.7 Å². The van der Waals surface area contributed by atoms with Crippen molar-refractivity contribution >= 4 is 25.5 Å². The van der Waals surface area contributed by atoms with Gasteiger partial charge in [-0.3, -0.25) is 9.21 Å². The van der Waals surface area contributed by atoms with E-state index in [2.05, 4.69) is 4.74 Å². The van der Waals surface area contributed by atoms with Gasteiger partial charge in [0.25, 0.3) is 10.0 Å². The smallest absolute Gasteiger partial charge is 0.416 e. The number of benzene rings is 3. The molecule has 236 valence electrons. The summed E-state index contributed by atoms with van der Waals surface area (Å²) in [6.45, 7) is -2.36. The molecule has 0 bridgehead atoms. The standard InChI is InChI=1S/C28H24F6N2O6S2/c29-20-6-18(7-21(10-20)42-26(30)31)17-4-5-25-24(8-17)36(44(39,40)23-3-1-2-19(9-23)28(32,33)34)12-22(41-25)11-35-13-27(14-35)15-43(37,38)16-27/h1-10,22,26H,11-16H2/t22-/m0/s1. The third kappa shape index (κ3) is 5.94. The molecule has 44 heavy (non-hydrogen) atoms. The zero-order valence-electron chi connectivity index (χ0n) is 22.6. The molecule has 0 aromatic heterocycles. The Balaban J connectivity index is 1.35. The number of sulfone groups is 1. The number of hydrogen-bond acceptors (Lipinski definition) is 7. The lowest BCUT2D eigenvalue weighted by Gasteiger charge is -2.55. The van der Waals surface area contributed by atoms with Crippen molar-refractivity contribution in [1.82, 2.24) is 4.90 Å². The van der Waals surface area contributed by atoms with Gasteiger partial charge in [-0.25, -0.2) is 21.2 Å². The van der Waals surface area contributed by atoms with E-state index in [0.29, 0.717) is 19.2 Å². The molecule has 1 atom stereocenters. The van der Waals surface area contributed by atoms with Gasteiger partial charge in [-0.2, -0.15) is 22.0 Å². The summed E-state index contributed by atoms with van der Waals surface area (Å²) in [6, 6.07) is 10.4. The van der Waals surface area contributed by atoms with E-state index in [4.69, 9.17) is 4.74 Å². The van der Waals surface area contributed by atoms with E-state index in [-0.39, 0.29) is 52.6 Å². The highest BCUT2D eigenvalue weighted by atomic mass is 32.2. The SMILES string of the molecule is O=S1(=O)CC2(CN(C[C@H]3CN(S(=O)(=O)c4cccc(C(F)(F)F)c4)c4cc(-c5cc(F)cc(OC(F)F)c5)ccc4O3)C2)C1. The number of anilines is 1. The van der Waals surface area contributed by atoms with Crippen LogP contribution in [0.3, 0.4) is 0 Å². The van der Waals surface area contributed by atoms with Gasteiger partial charge in [-0.1, -0.05) is 12.1 Å². The Kier molecular flexibility index (Phi) is 7.32. The monoisotopic (exact) mass is 662 g/mol. The molecule has 6 rings (SSSR count). The third-order valence-electron chi connectivity index (χ3n) is 7.70. The summed E-state index contributed by atoms with van der Waals surface area (Å²) < 4.78 is 143. The lowest BCUT2D eigenvalue weighted by molar-refractivity contribution is -0.137. The summed E-state index contributed by atoms with van der Waals surface area (Å²) in [4.78, 5) is 1.30. The normalized spacial score (nSPS) is 20.9. The van der Waals surface area contributed by atoms with Crippen LogP contribution in [0.2, 0.25) is 0 Å². The van der Waals surface area contributed by atoms with Crippen molar-refractivity contribution in [2.75, 3.05) is 42.0 Å². The minimum atomic E-state index is -4.80. The summed E-state index contributed by atoms with van der Waals surface area (Å²) in [7, 11) is -7.67. The number of alkyl halides is 5.